The summed E-state index contributed by atoms with van der Waals surface area (Å²) < 4.78 is 7.29. The minimum absolute atomic E-state index is 0.146. The molecule has 0 bridgehead atoms. The molecular weight excluding hydrogens is 232 g/mol. The molecule has 0 spiro atoms. The van der Waals surface area contributed by atoms with Crippen LogP contribution in [0.25, 0.3) is 10.9 Å². The molecule has 0 N–H and O–H groups in total. The number of para-hydroxylation sites is 1. The summed E-state index contributed by atoms with van der Waals surface area (Å²) in [6.07, 6.45) is 2.85. The van der Waals surface area contributed by atoms with Crippen LogP contribution in [0.4, 0.5) is 5.69 Å². The molecule has 0 aliphatic heterocycles. The van der Waals surface area contributed by atoms with E-state index >= 15 is 0 Å². The number of hydrogen-bond donors (Lipinski definition) is 0. The zero-order valence-corrected chi connectivity index (χ0v) is 10.3. The number of benzene rings is 1. The van der Waals surface area contributed by atoms with Crippen molar-refractivity contribution in [1.29, 1.82) is 0 Å². The molecule has 0 saturated carbocycles. The fourth-order valence-electron chi connectivity index (χ4n) is 1.98. The topological polar surface area (TPSA) is 57.3 Å². The molecule has 0 aliphatic carbocycles. The van der Waals surface area contributed by atoms with E-state index in [1.165, 1.54) is 6.07 Å². The van der Waals surface area contributed by atoms with Gasteiger partial charge in [-0.1, -0.05) is 19.1 Å². The molecule has 0 atom stereocenters. The first-order chi connectivity index (χ1) is 8.74. The van der Waals surface area contributed by atoms with E-state index in [-0.39, 0.29) is 10.6 Å². The Balaban J connectivity index is 2.25. The fraction of sp³-hybridized carbons (Fsp3) is 0.385. The van der Waals surface area contributed by atoms with Gasteiger partial charge in [0.1, 0.15) is 5.52 Å². The molecule has 0 saturated heterocycles. The Hall–Kier alpha value is -1.88. The zero-order valence-electron chi connectivity index (χ0n) is 10.3. The van der Waals surface area contributed by atoms with E-state index in [4.69, 9.17) is 4.74 Å². The van der Waals surface area contributed by atoms with E-state index in [9.17, 15) is 10.1 Å². The molecule has 0 unspecified atom stereocenters. The molecule has 0 aliphatic rings. The lowest BCUT2D eigenvalue weighted by Gasteiger charge is -2.06. The maximum Gasteiger partial charge on any atom is 0.293 e. The van der Waals surface area contributed by atoms with Crippen LogP contribution in [-0.2, 0) is 11.3 Å². The Kier molecular flexibility index (Phi) is 3.94. The Morgan fingerprint density at radius 3 is 2.89 bits per heavy atom. The average molecular weight is 248 g/mol. The first-order valence-corrected chi connectivity index (χ1v) is 6.04. The Morgan fingerprint density at radius 1 is 1.33 bits per heavy atom. The lowest BCUT2D eigenvalue weighted by atomic mass is 10.2. The van der Waals surface area contributed by atoms with Gasteiger partial charge in [-0.05, 0) is 12.5 Å². The van der Waals surface area contributed by atoms with Gasteiger partial charge < -0.3 is 9.30 Å². The molecule has 0 radical (unpaired) electrons. The zero-order chi connectivity index (χ0) is 13.0. The summed E-state index contributed by atoms with van der Waals surface area (Å²) in [6, 6.07) is 7.01. The molecule has 1 aromatic carbocycles. The van der Waals surface area contributed by atoms with E-state index in [1.807, 2.05) is 22.9 Å². The van der Waals surface area contributed by atoms with E-state index in [0.29, 0.717) is 18.7 Å². The molecule has 1 heterocycles. The van der Waals surface area contributed by atoms with Crippen LogP contribution in [0.15, 0.2) is 30.5 Å². The molecule has 2 aromatic rings. The van der Waals surface area contributed by atoms with Crippen LogP contribution in [-0.4, -0.2) is 22.7 Å². The van der Waals surface area contributed by atoms with Crippen molar-refractivity contribution in [1.82, 2.24) is 4.57 Å². The van der Waals surface area contributed by atoms with Crippen LogP contribution < -0.4 is 0 Å². The molecule has 96 valence electrons. The van der Waals surface area contributed by atoms with Crippen LogP contribution in [0.1, 0.15) is 13.3 Å². The van der Waals surface area contributed by atoms with Crippen LogP contribution in [0.3, 0.4) is 0 Å². The van der Waals surface area contributed by atoms with E-state index in [1.54, 1.807) is 6.07 Å². The second-order valence-corrected chi connectivity index (χ2v) is 4.09. The van der Waals surface area contributed by atoms with Gasteiger partial charge in [0.25, 0.3) is 5.69 Å². The Bertz CT molecular complexity index is 548. The Labute approximate surface area is 105 Å². The molecular formula is C13H16N2O3. The third-order valence-electron chi connectivity index (χ3n) is 2.79. The van der Waals surface area contributed by atoms with Crippen molar-refractivity contribution >= 4 is 16.6 Å². The second-order valence-electron chi connectivity index (χ2n) is 4.09. The summed E-state index contributed by atoms with van der Waals surface area (Å²) in [5.74, 6) is 0. The van der Waals surface area contributed by atoms with Gasteiger partial charge in [0.15, 0.2) is 0 Å². The third kappa shape index (κ3) is 2.51. The Morgan fingerprint density at radius 2 is 2.17 bits per heavy atom. The van der Waals surface area contributed by atoms with E-state index < -0.39 is 0 Å². The average Bonchev–Trinajstić information content (AvgIpc) is 2.77. The van der Waals surface area contributed by atoms with Gasteiger partial charge in [0, 0.05) is 30.8 Å². The molecule has 0 amide bonds. The smallest absolute Gasteiger partial charge is 0.293 e. The number of aromatic nitrogens is 1. The SMILES string of the molecule is CCCOCCn1ccc2cccc([N+](=O)[O-])c21. The van der Waals surface area contributed by atoms with Crippen molar-refractivity contribution in [3.05, 3.63) is 40.6 Å². The summed E-state index contributed by atoms with van der Waals surface area (Å²) in [6.45, 7) is 3.98. The number of ether oxygens (including phenoxy) is 1. The third-order valence-corrected chi connectivity index (χ3v) is 2.79. The highest BCUT2D eigenvalue weighted by Crippen LogP contribution is 2.26. The second kappa shape index (κ2) is 5.64. The molecule has 5 nitrogen and oxygen atoms in total. The van der Waals surface area contributed by atoms with Crippen LogP contribution in [0.5, 0.6) is 0 Å². The van der Waals surface area contributed by atoms with Crippen LogP contribution in [0, 0.1) is 10.1 Å². The normalized spacial score (nSPS) is 10.9. The van der Waals surface area contributed by atoms with Gasteiger partial charge in [0.05, 0.1) is 11.5 Å². The predicted molar refractivity (Wildman–Crippen MR) is 69.7 cm³/mol. The van der Waals surface area contributed by atoms with Gasteiger partial charge >= 0.3 is 0 Å². The number of nitrogens with zero attached hydrogens (tertiary/aromatic N) is 2. The summed E-state index contributed by atoms with van der Waals surface area (Å²) in [5, 5.41) is 11.9. The van der Waals surface area contributed by atoms with Crippen molar-refractivity contribution in [3.63, 3.8) is 0 Å². The van der Waals surface area contributed by atoms with Crippen LogP contribution in [0.2, 0.25) is 0 Å². The summed E-state index contributed by atoms with van der Waals surface area (Å²) >= 11 is 0. The fourth-order valence-corrected chi connectivity index (χ4v) is 1.98. The number of hydrogen-bond acceptors (Lipinski definition) is 3. The largest absolute Gasteiger partial charge is 0.380 e. The standard InChI is InChI=1S/C13H16N2O3/c1-2-9-18-10-8-14-7-6-11-4-3-5-12(13(11)14)15(16)17/h3-7H,2,8-10H2,1H3. The number of non-ortho nitro benzene ring substituents is 1. The van der Waals surface area contributed by atoms with Crippen molar-refractivity contribution in [2.45, 2.75) is 19.9 Å². The first kappa shape index (κ1) is 12.6. The van der Waals surface area contributed by atoms with Crippen molar-refractivity contribution < 1.29 is 9.66 Å². The van der Waals surface area contributed by atoms with Gasteiger partial charge in [-0.2, -0.15) is 0 Å². The number of fused-ring (bicyclic) bond motifs is 1. The predicted octanol–water partition coefficient (Wildman–Crippen LogP) is 2.98. The summed E-state index contributed by atoms with van der Waals surface area (Å²) in [5.41, 5.74) is 0.815. The monoisotopic (exact) mass is 248 g/mol. The molecule has 5 heteroatoms. The highest BCUT2D eigenvalue weighted by molar-refractivity contribution is 5.88. The van der Waals surface area contributed by atoms with Gasteiger partial charge in [-0.3, -0.25) is 10.1 Å². The summed E-state index contributed by atoms with van der Waals surface area (Å²) in [7, 11) is 0. The number of nitro benzene ring substituents is 1. The molecule has 18 heavy (non-hydrogen) atoms. The maximum atomic E-state index is 11.0. The quantitative estimate of drug-likeness (QED) is 0.448. The van der Waals surface area contributed by atoms with Gasteiger partial charge in [-0.25, -0.2) is 0 Å². The lowest BCUT2D eigenvalue weighted by Crippen LogP contribution is -2.06. The lowest BCUT2D eigenvalue weighted by molar-refractivity contribution is -0.383. The van der Waals surface area contributed by atoms with Crippen molar-refractivity contribution in [3.8, 4) is 0 Å². The minimum Gasteiger partial charge on any atom is -0.380 e. The van der Waals surface area contributed by atoms with E-state index in [2.05, 4.69) is 6.92 Å². The summed E-state index contributed by atoms with van der Waals surface area (Å²) in [4.78, 5) is 10.7. The highest BCUT2D eigenvalue weighted by Gasteiger charge is 2.14. The minimum atomic E-state index is -0.342. The number of nitro groups is 1. The van der Waals surface area contributed by atoms with Gasteiger partial charge in [0.2, 0.25) is 0 Å². The highest BCUT2D eigenvalue weighted by atomic mass is 16.6. The maximum absolute atomic E-state index is 11.0. The van der Waals surface area contributed by atoms with Crippen LogP contribution >= 0.6 is 0 Å². The van der Waals surface area contributed by atoms with Crippen molar-refractivity contribution in [2.75, 3.05) is 13.2 Å². The number of rotatable bonds is 6. The molecule has 2 rings (SSSR count). The van der Waals surface area contributed by atoms with Gasteiger partial charge in [-0.15, -0.1) is 0 Å². The first-order valence-electron chi connectivity index (χ1n) is 6.04. The van der Waals surface area contributed by atoms with E-state index in [0.717, 1.165) is 18.4 Å². The molecule has 0 fully saturated rings. The molecule has 1 aromatic heterocycles. The van der Waals surface area contributed by atoms with Crippen molar-refractivity contribution in [2.24, 2.45) is 0 Å².